The van der Waals surface area contributed by atoms with E-state index in [2.05, 4.69) is 29.9 Å². The second kappa shape index (κ2) is 16.2. The summed E-state index contributed by atoms with van der Waals surface area (Å²) in [6.07, 6.45) is 8.60. The van der Waals surface area contributed by atoms with Gasteiger partial charge in [-0.05, 0) is 89.0 Å². The van der Waals surface area contributed by atoms with E-state index in [1.807, 2.05) is 14.1 Å². The van der Waals surface area contributed by atoms with Crippen LogP contribution in [0.1, 0.15) is 11.1 Å². The number of halogens is 4. The minimum atomic E-state index is -0.760. The first kappa shape index (κ1) is 37.9. The summed E-state index contributed by atoms with van der Waals surface area (Å²) in [5.74, 6) is -1.98. The lowest BCUT2D eigenvalue weighted by atomic mass is 10.0. The molecule has 0 unspecified atom stereocenters. The molecule has 0 fully saturated rings. The van der Waals surface area contributed by atoms with E-state index in [1.54, 1.807) is 59.6 Å². The Morgan fingerprint density at radius 2 is 1.02 bits per heavy atom. The van der Waals surface area contributed by atoms with Gasteiger partial charge in [0.05, 0.1) is 31.0 Å². The Labute approximate surface area is 321 Å². The summed E-state index contributed by atoms with van der Waals surface area (Å²) in [4.78, 5) is 51.2. The van der Waals surface area contributed by atoms with Crippen LogP contribution < -0.4 is 20.8 Å². The van der Waals surface area contributed by atoms with Crippen LogP contribution in [0.15, 0.2) is 120 Å². The highest BCUT2D eigenvalue weighted by Crippen LogP contribution is 2.28. The third-order valence-corrected chi connectivity index (χ3v) is 8.95. The van der Waals surface area contributed by atoms with E-state index in [0.29, 0.717) is 45.0 Å². The molecule has 16 heteroatoms. The van der Waals surface area contributed by atoms with Crippen LogP contribution in [0.5, 0.6) is 5.88 Å². The van der Waals surface area contributed by atoms with Gasteiger partial charge in [-0.3, -0.25) is 18.7 Å². The summed E-state index contributed by atoms with van der Waals surface area (Å²) in [5, 5.41) is 0.576. The van der Waals surface area contributed by atoms with Gasteiger partial charge in [0.1, 0.15) is 41.7 Å². The molecule has 12 nitrogen and oxygen atoms in total. The fraction of sp³-hybridized carbons (Fsp3) is 0.122. The summed E-state index contributed by atoms with van der Waals surface area (Å²) in [6.45, 7) is -0.553. The summed E-state index contributed by atoms with van der Waals surface area (Å²) in [6, 6.07) is 18.0. The summed E-state index contributed by atoms with van der Waals surface area (Å²) in [5.41, 5.74) is 1.26. The van der Waals surface area contributed by atoms with E-state index in [4.69, 9.17) is 4.74 Å². The van der Waals surface area contributed by atoms with Gasteiger partial charge >= 0.3 is 0 Å². The number of benzene rings is 2. The van der Waals surface area contributed by atoms with E-state index in [0.717, 1.165) is 4.57 Å². The van der Waals surface area contributed by atoms with Crippen molar-refractivity contribution in [3.63, 3.8) is 0 Å². The summed E-state index contributed by atoms with van der Waals surface area (Å²) >= 11 is 0. The highest BCUT2D eigenvalue weighted by Gasteiger charge is 2.17. The second-order valence-electron chi connectivity index (χ2n) is 12.8. The Balaban J connectivity index is 0.000000174. The van der Waals surface area contributed by atoms with Gasteiger partial charge in [0.15, 0.2) is 11.3 Å². The molecular formula is C41H31F4N9O3. The normalized spacial score (nSPS) is 11.0. The van der Waals surface area contributed by atoms with Crippen LogP contribution in [0.2, 0.25) is 0 Å². The van der Waals surface area contributed by atoms with Crippen molar-refractivity contribution in [1.82, 2.24) is 39.0 Å². The van der Waals surface area contributed by atoms with Gasteiger partial charge in [0.25, 0.3) is 11.1 Å². The molecule has 286 valence electrons. The zero-order valence-corrected chi connectivity index (χ0v) is 30.6. The number of hydrogen-bond acceptors (Lipinski definition) is 10. The number of ether oxygens (including phenoxy) is 1. The number of anilines is 1. The van der Waals surface area contributed by atoms with E-state index in [-0.39, 0.29) is 35.2 Å². The number of nitrogens with zero attached hydrogens (tertiary/aromatic N) is 9. The molecule has 0 saturated carbocycles. The van der Waals surface area contributed by atoms with Gasteiger partial charge < -0.3 is 9.64 Å². The lowest BCUT2D eigenvalue weighted by Crippen LogP contribution is -2.22. The lowest BCUT2D eigenvalue weighted by Gasteiger charge is -2.13. The molecule has 8 rings (SSSR count). The maximum Gasteiger partial charge on any atom is 0.263 e. The molecule has 0 N–H and O–H groups in total. The topological polar surface area (TPSA) is 134 Å². The van der Waals surface area contributed by atoms with Gasteiger partial charge in [-0.15, -0.1) is 0 Å². The monoisotopic (exact) mass is 773 g/mol. The molecule has 0 aliphatic carbocycles. The Hall–Kier alpha value is -7.36. The predicted molar refractivity (Wildman–Crippen MR) is 206 cm³/mol. The zero-order valence-electron chi connectivity index (χ0n) is 30.6. The van der Waals surface area contributed by atoms with Gasteiger partial charge in [0, 0.05) is 56.1 Å². The van der Waals surface area contributed by atoms with E-state index >= 15 is 0 Å². The number of pyridine rings is 4. The Kier molecular flexibility index (Phi) is 10.8. The molecule has 8 aromatic rings. The molecule has 0 aliphatic heterocycles. The van der Waals surface area contributed by atoms with Gasteiger partial charge in [0.2, 0.25) is 5.88 Å². The molecule has 0 radical (unpaired) electrons. The predicted octanol–water partition coefficient (Wildman–Crippen LogP) is 6.43. The van der Waals surface area contributed by atoms with Crippen LogP contribution in [0.3, 0.4) is 0 Å². The standard InChI is InChI=1S/C21H17F2N5O.C20H14F2N4O2/c1-27(2)19-10-13(5-7-24-19)14-8-17(22)16(18(23)9-14)11-28-12-26-20-15(21(28)29)4-3-6-25-20;1-28-18-9-12(4-6-23-18)13-7-16(21)15(17(22)8-13)10-26-11-25-19-14(20(26)27)3-2-5-24-19/h3-10,12H,11H2,1-2H3;2-9,11H,10H2,1H3. The molecule has 0 aliphatic rings. The fourth-order valence-corrected chi connectivity index (χ4v) is 5.95. The molecule has 6 aromatic heterocycles. The second-order valence-corrected chi connectivity index (χ2v) is 12.8. The van der Waals surface area contributed by atoms with Crippen LogP contribution in [0.25, 0.3) is 44.3 Å². The van der Waals surface area contributed by atoms with E-state index in [9.17, 15) is 27.2 Å². The minimum absolute atomic E-state index is 0.206. The molecule has 57 heavy (non-hydrogen) atoms. The highest BCUT2D eigenvalue weighted by atomic mass is 19.1. The highest BCUT2D eigenvalue weighted by molar-refractivity contribution is 5.73. The van der Waals surface area contributed by atoms with Gasteiger partial charge in [-0.2, -0.15) is 0 Å². The third kappa shape index (κ3) is 8.05. The smallest absolute Gasteiger partial charge is 0.263 e. The number of fused-ring (bicyclic) bond motifs is 2. The molecular weight excluding hydrogens is 743 g/mol. The molecule has 0 saturated heterocycles. The molecule has 2 aromatic carbocycles. The van der Waals surface area contributed by atoms with Gasteiger partial charge in [-0.25, -0.2) is 47.5 Å². The summed E-state index contributed by atoms with van der Waals surface area (Å²) < 4.78 is 66.3. The molecule has 0 spiro atoms. The maximum atomic E-state index is 14.8. The molecule has 6 heterocycles. The van der Waals surface area contributed by atoms with Crippen LogP contribution in [-0.2, 0) is 13.1 Å². The van der Waals surface area contributed by atoms with Crippen molar-refractivity contribution in [3.8, 4) is 28.1 Å². The number of methoxy groups -OCH3 is 1. The van der Waals surface area contributed by atoms with Gasteiger partial charge in [-0.1, -0.05) is 0 Å². The Bertz CT molecular complexity index is 2860. The molecule has 0 atom stereocenters. The van der Waals surface area contributed by atoms with Crippen molar-refractivity contribution in [2.24, 2.45) is 0 Å². The van der Waals surface area contributed by atoms with Crippen molar-refractivity contribution < 1.29 is 22.3 Å². The average Bonchev–Trinajstić information content (AvgIpc) is 3.22. The van der Waals surface area contributed by atoms with Crippen molar-refractivity contribution >= 4 is 27.9 Å². The number of aromatic nitrogens is 8. The van der Waals surface area contributed by atoms with Crippen LogP contribution >= 0.6 is 0 Å². The fourth-order valence-electron chi connectivity index (χ4n) is 5.95. The maximum absolute atomic E-state index is 14.8. The van der Waals surface area contributed by atoms with Crippen molar-refractivity contribution in [2.75, 3.05) is 26.1 Å². The van der Waals surface area contributed by atoms with Crippen molar-refractivity contribution in [1.29, 1.82) is 0 Å². The quantitative estimate of drug-likeness (QED) is 0.159. The Morgan fingerprint density at radius 3 is 1.47 bits per heavy atom. The molecule has 0 amide bonds. The third-order valence-electron chi connectivity index (χ3n) is 8.95. The van der Waals surface area contributed by atoms with Crippen LogP contribution in [0, 0.1) is 23.3 Å². The first-order chi connectivity index (χ1) is 27.5. The average molecular weight is 774 g/mol. The van der Waals surface area contributed by atoms with Crippen molar-refractivity contribution in [3.05, 3.63) is 165 Å². The van der Waals surface area contributed by atoms with E-state index in [1.165, 1.54) is 67.2 Å². The first-order valence-corrected chi connectivity index (χ1v) is 17.2. The largest absolute Gasteiger partial charge is 0.481 e. The van der Waals surface area contributed by atoms with Crippen molar-refractivity contribution in [2.45, 2.75) is 13.1 Å². The number of hydrogen-bond donors (Lipinski definition) is 0. The van der Waals surface area contributed by atoms with Crippen LogP contribution in [0.4, 0.5) is 23.4 Å². The zero-order chi connectivity index (χ0) is 40.2. The number of rotatable bonds is 8. The van der Waals surface area contributed by atoms with E-state index < -0.39 is 34.4 Å². The molecule has 0 bridgehead atoms. The SMILES string of the molecule is CN(C)c1cc(-c2cc(F)c(Cn3cnc4ncccc4c3=O)c(F)c2)ccn1.COc1cc(-c2cc(F)c(Cn3cnc4ncccc4c3=O)c(F)c2)ccn1. The lowest BCUT2D eigenvalue weighted by molar-refractivity contribution is 0.398. The Morgan fingerprint density at radius 1 is 0.561 bits per heavy atom. The van der Waals surface area contributed by atoms with Crippen LogP contribution in [-0.4, -0.2) is 60.2 Å². The first-order valence-electron chi connectivity index (χ1n) is 17.2. The summed E-state index contributed by atoms with van der Waals surface area (Å²) in [7, 11) is 5.13. The minimum Gasteiger partial charge on any atom is -0.481 e.